The first-order chi connectivity index (χ1) is 9.73. The molecule has 1 aliphatic rings. The minimum Gasteiger partial charge on any atom is -0.378 e. The summed E-state index contributed by atoms with van der Waals surface area (Å²) in [6, 6.07) is 0.223. The van der Waals surface area contributed by atoms with Gasteiger partial charge in [-0.25, -0.2) is 0 Å². The van der Waals surface area contributed by atoms with Crippen LogP contribution in [-0.2, 0) is 14.3 Å². The van der Waals surface area contributed by atoms with Crippen LogP contribution in [0.15, 0.2) is 0 Å². The Morgan fingerprint density at radius 3 is 2.43 bits per heavy atom. The van der Waals surface area contributed by atoms with Crippen LogP contribution >= 0.6 is 0 Å². The van der Waals surface area contributed by atoms with Crippen molar-refractivity contribution in [2.24, 2.45) is 5.73 Å². The molecule has 1 aliphatic heterocycles. The first-order valence-corrected chi connectivity index (χ1v) is 8.07. The fraction of sp³-hybridized carbons (Fsp3) is 0.938. The molecule has 5 heteroatoms. The molecule has 0 saturated carbocycles. The van der Waals surface area contributed by atoms with Gasteiger partial charge in [-0.2, -0.15) is 0 Å². The van der Waals surface area contributed by atoms with Crippen LogP contribution in [0.4, 0.5) is 0 Å². The van der Waals surface area contributed by atoms with E-state index in [1.54, 1.807) is 0 Å². The zero-order chi connectivity index (χ0) is 16.0. The van der Waals surface area contributed by atoms with Crippen molar-refractivity contribution in [1.82, 2.24) is 5.32 Å². The van der Waals surface area contributed by atoms with Crippen LogP contribution in [-0.4, -0.2) is 42.4 Å². The Morgan fingerprint density at radius 1 is 1.38 bits per heavy atom. The maximum Gasteiger partial charge on any atom is 0.237 e. The number of carbonyl (C=O) groups excluding carboxylic acids is 1. The van der Waals surface area contributed by atoms with E-state index in [-0.39, 0.29) is 30.3 Å². The number of primary amides is 1. The summed E-state index contributed by atoms with van der Waals surface area (Å²) in [5.41, 5.74) is 4.86. The first-order valence-electron chi connectivity index (χ1n) is 8.07. The number of ether oxygens (including phenoxy) is 2. The van der Waals surface area contributed by atoms with E-state index in [9.17, 15) is 4.79 Å². The highest BCUT2D eigenvalue weighted by molar-refractivity contribution is 5.84. The molecule has 5 nitrogen and oxygen atoms in total. The van der Waals surface area contributed by atoms with E-state index in [4.69, 9.17) is 15.2 Å². The number of nitrogens with one attached hydrogen (secondary N) is 1. The monoisotopic (exact) mass is 300 g/mol. The molecule has 1 amide bonds. The minimum atomic E-state index is -0.659. The second kappa shape index (κ2) is 8.11. The van der Waals surface area contributed by atoms with Crippen molar-refractivity contribution in [2.45, 2.75) is 90.2 Å². The van der Waals surface area contributed by atoms with Crippen molar-refractivity contribution in [1.29, 1.82) is 0 Å². The van der Waals surface area contributed by atoms with Gasteiger partial charge in [-0.05, 0) is 60.3 Å². The van der Waals surface area contributed by atoms with Crippen LogP contribution in [0.25, 0.3) is 0 Å². The first kappa shape index (κ1) is 18.4. The zero-order valence-corrected chi connectivity index (χ0v) is 14.1. The molecular formula is C16H32N2O3. The molecule has 21 heavy (non-hydrogen) atoms. The summed E-state index contributed by atoms with van der Waals surface area (Å²) >= 11 is 0. The topological polar surface area (TPSA) is 73.6 Å². The lowest BCUT2D eigenvalue weighted by molar-refractivity contribution is -0.124. The molecule has 124 valence electrons. The van der Waals surface area contributed by atoms with Crippen molar-refractivity contribution in [3.63, 3.8) is 0 Å². The molecule has 1 fully saturated rings. The summed E-state index contributed by atoms with van der Waals surface area (Å²) in [7, 11) is 0. The average molecular weight is 300 g/mol. The highest BCUT2D eigenvalue weighted by Crippen LogP contribution is 2.22. The molecule has 0 aliphatic carbocycles. The molecule has 1 rings (SSSR count). The van der Waals surface area contributed by atoms with Gasteiger partial charge in [0.25, 0.3) is 0 Å². The number of hydrogen-bond acceptors (Lipinski definition) is 4. The fourth-order valence-corrected chi connectivity index (χ4v) is 3.06. The molecule has 3 unspecified atom stereocenters. The Bertz CT molecular complexity index is 325. The van der Waals surface area contributed by atoms with E-state index >= 15 is 0 Å². The van der Waals surface area contributed by atoms with E-state index in [2.05, 4.69) is 19.2 Å². The number of rotatable bonds is 8. The van der Waals surface area contributed by atoms with Gasteiger partial charge in [0.05, 0.1) is 23.9 Å². The van der Waals surface area contributed by atoms with Crippen molar-refractivity contribution < 1.29 is 14.3 Å². The van der Waals surface area contributed by atoms with Crippen molar-refractivity contribution in [2.75, 3.05) is 6.61 Å². The Balaban J connectivity index is 2.33. The largest absolute Gasteiger partial charge is 0.378 e. The normalized spacial score (nSPS) is 29.3. The van der Waals surface area contributed by atoms with Crippen LogP contribution in [0.2, 0.25) is 0 Å². The molecule has 0 aromatic rings. The Kier molecular flexibility index (Phi) is 7.10. The standard InChI is InChI=1S/C16H32N2O3/c1-11(2)18-16(5,15(17)19)7-6-8-20-14-9-12(3)21-13(4)10-14/h11-14,18H,6-10H2,1-5H3,(H2,17,19). The molecule has 0 radical (unpaired) electrons. The van der Waals surface area contributed by atoms with Crippen LogP contribution in [0, 0.1) is 0 Å². The fourth-order valence-electron chi connectivity index (χ4n) is 3.06. The van der Waals surface area contributed by atoms with Crippen molar-refractivity contribution in [3.8, 4) is 0 Å². The molecule has 3 atom stereocenters. The summed E-state index contributed by atoms with van der Waals surface area (Å²) < 4.78 is 11.6. The molecule has 0 bridgehead atoms. The predicted molar refractivity (Wildman–Crippen MR) is 84.1 cm³/mol. The van der Waals surface area contributed by atoms with Gasteiger partial charge in [0, 0.05) is 12.6 Å². The summed E-state index contributed by atoms with van der Waals surface area (Å²) in [5, 5.41) is 3.26. The van der Waals surface area contributed by atoms with Gasteiger partial charge < -0.3 is 20.5 Å². The summed E-state index contributed by atoms with van der Waals surface area (Å²) in [6.07, 6.45) is 4.19. The lowest BCUT2D eigenvalue weighted by Gasteiger charge is -2.33. The summed E-state index contributed by atoms with van der Waals surface area (Å²) in [6.45, 7) is 10.7. The van der Waals surface area contributed by atoms with Gasteiger partial charge >= 0.3 is 0 Å². The molecule has 3 N–H and O–H groups in total. The minimum absolute atomic E-state index is 0.223. The van der Waals surface area contributed by atoms with E-state index in [1.807, 2.05) is 20.8 Å². The van der Waals surface area contributed by atoms with Gasteiger partial charge in [0.15, 0.2) is 0 Å². The second-order valence-corrected chi connectivity index (χ2v) is 6.82. The van der Waals surface area contributed by atoms with Gasteiger partial charge in [0.1, 0.15) is 0 Å². The predicted octanol–water partition coefficient (Wildman–Crippen LogP) is 1.98. The quantitative estimate of drug-likeness (QED) is 0.672. The van der Waals surface area contributed by atoms with Crippen LogP contribution < -0.4 is 11.1 Å². The van der Waals surface area contributed by atoms with Gasteiger partial charge in [-0.3, -0.25) is 4.79 Å². The Morgan fingerprint density at radius 2 is 1.95 bits per heavy atom. The molecule has 1 saturated heterocycles. The molecular weight excluding hydrogens is 268 g/mol. The van der Waals surface area contributed by atoms with E-state index in [0.29, 0.717) is 13.0 Å². The van der Waals surface area contributed by atoms with E-state index < -0.39 is 5.54 Å². The zero-order valence-electron chi connectivity index (χ0n) is 14.1. The summed E-state index contributed by atoms with van der Waals surface area (Å²) in [4.78, 5) is 11.6. The lowest BCUT2D eigenvalue weighted by atomic mass is 9.94. The van der Waals surface area contributed by atoms with Crippen LogP contribution in [0.1, 0.15) is 60.3 Å². The third-order valence-corrected chi connectivity index (χ3v) is 3.98. The molecule has 0 aromatic carbocycles. The maximum absolute atomic E-state index is 11.6. The van der Waals surface area contributed by atoms with Crippen LogP contribution in [0.5, 0.6) is 0 Å². The Hall–Kier alpha value is -0.650. The van der Waals surface area contributed by atoms with Crippen molar-refractivity contribution >= 4 is 5.91 Å². The molecule has 0 aromatic heterocycles. The van der Waals surface area contributed by atoms with Gasteiger partial charge in [0.2, 0.25) is 5.91 Å². The number of hydrogen-bond donors (Lipinski definition) is 2. The third-order valence-electron chi connectivity index (χ3n) is 3.98. The smallest absolute Gasteiger partial charge is 0.237 e. The average Bonchev–Trinajstić information content (AvgIpc) is 2.32. The number of nitrogens with two attached hydrogens (primary N) is 1. The number of amides is 1. The third kappa shape index (κ3) is 6.32. The SMILES string of the molecule is CC(C)NC(C)(CCCOC1CC(C)OC(C)C1)C(N)=O. The van der Waals surface area contributed by atoms with Crippen LogP contribution in [0.3, 0.4) is 0 Å². The maximum atomic E-state index is 11.6. The van der Waals surface area contributed by atoms with Gasteiger partial charge in [-0.1, -0.05) is 0 Å². The Labute approximate surface area is 128 Å². The summed E-state index contributed by atoms with van der Waals surface area (Å²) in [5.74, 6) is -0.301. The molecule has 1 heterocycles. The highest BCUT2D eigenvalue weighted by Gasteiger charge is 2.31. The van der Waals surface area contributed by atoms with E-state index in [1.165, 1.54) is 0 Å². The second-order valence-electron chi connectivity index (χ2n) is 6.82. The van der Waals surface area contributed by atoms with Gasteiger partial charge in [-0.15, -0.1) is 0 Å². The lowest BCUT2D eigenvalue weighted by Crippen LogP contribution is -2.55. The number of carbonyl (C=O) groups is 1. The van der Waals surface area contributed by atoms with E-state index in [0.717, 1.165) is 19.3 Å². The highest BCUT2D eigenvalue weighted by atomic mass is 16.5. The van der Waals surface area contributed by atoms with Crippen molar-refractivity contribution in [3.05, 3.63) is 0 Å². The molecule has 0 spiro atoms.